The molecule has 0 aliphatic heterocycles. The first kappa shape index (κ1) is 20.5. The van der Waals surface area contributed by atoms with Gasteiger partial charge in [-0.1, -0.05) is 27.5 Å². The summed E-state index contributed by atoms with van der Waals surface area (Å²) in [6.45, 7) is 0.361. The van der Waals surface area contributed by atoms with Crippen molar-refractivity contribution in [2.24, 2.45) is 0 Å². The lowest BCUT2D eigenvalue weighted by Gasteiger charge is -2.18. The minimum Gasteiger partial charge on any atom is -0.495 e. The Morgan fingerprint density at radius 1 is 1.23 bits per heavy atom. The molecule has 2 aromatic rings. The van der Waals surface area contributed by atoms with Crippen molar-refractivity contribution in [3.63, 3.8) is 0 Å². The van der Waals surface area contributed by atoms with Gasteiger partial charge in [-0.15, -0.1) is 0 Å². The molecule has 0 unspecified atom stereocenters. The minimum absolute atomic E-state index is 0.0695. The number of nitrogens with zero attached hydrogens (tertiary/aromatic N) is 1. The van der Waals surface area contributed by atoms with Crippen LogP contribution in [0.1, 0.15) is 5.56 Å². The first-order valence-corrected chi connectivity index (χ1v) is 8.85. The highest BCUT2D eigenvalue weighted by Crippen LogP contribution is 2.35. The van der Waals surface area contributed by atoms with Gasteiger partial charge in [-0.25, -0.2) is 4.39 Å². The molecule has 0 radical (unpaired) electrons. The second-order valence-corrected chi connectivity index (χ2v) is 6.97. The first-order valence-electron chi connectivity index (χ1n) is 7.68. The van der Waals surface area contributed by atoms with Gasteiger partial charge in [0.15, 0.2) is 0 Å². The summed E-state index contributed by atoms with van der Waals surface area (Å²) in [5.74, 6) is 0.257. The number of ether oxygens (including phenoxy) is 2. The van der Waals surface area contributed by atoms with Crippen molar-refractivity contribution in [1.82, 2.24) is 4.90 Å². The Morgan fingerprint density at radius 3 is 2.58 bits per heavy atom. The van der Waals surface area contributed by atoms with Gasteiger partial charge in [0.05, 0.1) is 31.5 Å². The molecule has 2 rings (SSSR count). The van der Waals surface area contributed by atoms with Crippen LogP contribution >= 0.6 is 27.5 Å². The summed E-state index contributed by atoms with van der Waals surface area (Å²) in [5, 5.41) is 3.14. The fourth-order valence-corrected chi connectivity index (χ4v) is 3.04. The topological polar surface area (TPSA) is 50.8 Å². The Hall–Kier alpha value is -1.83. The van der Waals surface area contributed by atoms with Crippen molar-refractivity contribution < 1.29 is 18.7 Å². The van der Waals surface area contributed by atoms with E-state index < -0.39 is 0 Å². The molecule has 0 saturated heterocycles. The zero-order valence-electron chi connectivity index (χ0n) is 14.6. The van der Waals surface area contributed by atoms with E-state index >= 15 is 0 Å². The number of hydrogen-bond acceptors (Lipinski definition) is 4. The smallest absolute Gasteiger partial charge is 0.238 e. The molecule has 2 aromatic carbocycles. The Kier molecular flexibility index (Phi) is 7.25. The maximum atomic E-state index is 13.8. The van der Waals surface area contributed by atoms with E-state index in [1.165, 1.54) is 20.3 Å². The third-order valence-electron chi connectivity index (χ3n) is 3.61. The van der Waals surface area contributed by atoms with E-state index in [1.54, 1.807) is 36.2 Å². The molecule has 5 nitrogen and oxygen atoms in total. The van der Waals surface area contributed by atoms with Crippen LogP contribution in [0.5, 0.6) is 11.5 Å². The van der Waals surface area contributed by atoms with Crippen LogP contribution in [-0.2, 0) is 11.3 Å². The van der Waals surface area contributed by atoms with E-state index in [0.29, 0.717) is 34.3 Å². The van der Waals surface area contributed by atoms with E-state index in [1.807, 2.05) is 0 Å². The van der Waals surface area contributed by atoms with Gasteiger partial charge < -0.3 is 14.8 Å². The quantitative estimate of drug-likeness (QED) is 0.689. The number of carbonyl (C=O) groups excluding carboxylic acids is 1. The van der Waals surface area contributed by atoms with Crippen molar-refractivity contribution in [2.75, 3.05) is 33.1 Å². The average Bonchev–Trinajstić information content (AvgIpc) is 2.59. The number of anilines is 1. The Balaban J connectivity index is 2.05. The zero-order valence-corrected chi connectivity index (χ0v) is 16.9. The highest BCUT2D eigenvalue weighted by Gasteiger charge is 2.15. The molecule has 0 spiro atoms. The largest absolute Gasteiger partial charge is 0.495 e. The molecule has 0 heterocycles. The van der Waals surface area contributed by atoms with Gasteiger partial charge in [-0.2, -0.15) is 0 Å². The van der Waals surface area contributed by atoms with Gasteiger partial charge in [0, 0.05) is 28.7 Å². The van der Waals surface area contributed by atoms with Gasteiger partial charge in [0.2, 0.25) is 5.91 Å². The lowest BCUT2D eigenvalue weighted by molar-refractivity contribution is -0.117. The predicted molar refractivity (Wildman–Crippen MR) is 104 cm³/mol. The zero-order chi connectivity index (χ0) is 19.3. The molecular weight excluding hydrogens is 427 g/mol. The molecular formula is C18H19BrClFN2O3. The maximum Gasteiger partial charge on any atom is 0.238 e. The van der Waals surface area contributed by atoms with Crippen molar-refractivity contribution in [3.8, 4) is 11.5 Å². The number of benzene rings is 2. The second kappa shape index (κ2) is 9.21. The fraction of sp³-hybridized carbons (Fsp3) is 0.278. The van der Waals surface area contributed by atoms with E-state index in [2.05, 4.69) is 21.2 Å². The summed E-state index contributed by atoms with van der Waals surface area (Å²) in [7, 11) is 4.70. The minimum atomic E-state index is -0.315. The van der Waals surface area contributed by atoms with Crippen LogP contribution < -0.4 is 14.8 Å². The molecule has 0 atom stereocenters. The number of halogens is 3. The molecule has 8 heteroatoms. The molecule has 0 bridgehead atoms. The van der Waals surface area contributed by atoms with Gasteiger partial charge in [-0.05, 0) is 25.2 Å². The van der Waals surface area contributed by atoms with Crippen molar-refractivity contribution >= 4 is 39.1 Å². The number of likely N-dealkylation sites (N-methyl/N-ethyl adjacent to an activating group) is 1. The Labute approximate surface area is 165 Å². The van der Waals surface area contributed by atoms with Crippen molar-refractivity contribution in [1.29, 1.82) is 0 Å². The van der Waals surface area contributed by atoms with E-state index in [-0.39, 0.29) is 18.3 Å². The van der Waals surface area contributed by atoms with Crippen LogP contribution in [-0.4, -0.2) is 38.6 Å². The number of methoxy groups -OCH3 is 2. The monoisotopic (exact) mass is 444 g/mol. The number of hydrogen-bond donors (Lipinski definition) is 1. The van der Waals surface area contributed by atoms with Crippen LogP contribution in [0.2, 0.25) is 5.02 Å². The lowest BCUT2D eigenvalue weighted by Crippen LogP contribution is -2.30. The highest BCUT2D eigenvalue weighted by atomic mass is 79.9. The normalized spacial score (nSPS) is 10.7. The number of nitrogens with one attached hydrogen (secondary N) is 1. The first-order chi connectivity index (χ1) is 12.3. The van der Waals surface area contributed by atoms with Crippen LogP contribution in [0.15, 0.2) is 34.8 Å². The molecule has 0 saturated carbocycles. The number of rotatable bonds is 7. The predicted octanol–water partition coefficient (Wildman–Crippen LogP) is 4.33. The van der Waals surface area contributed by atoms with Gasteiger partial charge in [0.1, 0.15) is 17.3 Å². The van der Waals surface area contributed by atoms with Crippen molar-refractivity contribution in [3.05, 3.63) is 51.2 Å². The molecule has 0 aromatic heterocycles. The van der Waals surface area contributed by atoms with Crippen LogP contribution in [0.25, 0.3) is 0 Å². The Morgan fingerprint density at radius 2 is 1.92 bits per heavy atom. The second-order valence-electron chi connectivity index (χ2n) is 5.64. The Bertz CT molecular complexity index is 804. The standard InChI is InChI=1S/C18H19BrClFN2O3/c1-23(9-11-6-12(19)4-5-14(11)21)10-18(24)22-15-8-16(25-2)13(20)7-17(15)26-3/h4-8H,9-10H2,1-3H3,(H,22,24). The van der Waals surface area contributed by atoms with Crippen LogP contribution in [0.3, 0.4) is 0 Å². The van der Waals surface area contributed by atoms with E-state index in [9.17, 15) is 9.18 Å². The van der Waals surface area contributed by atoms with Gasteiger partial charge in [0.25, 0.3) is 0 Å². The number of amides is 1. The maximum absolute atomic E-state index is 13.8. The molecule has 1 N–H and O–H groups in total. The molecule has 0 aliphatic carbocycles. The number of carbonyl (C=O) groups is 1. The van der Waals surface area contributed by atoms with Crippen molar-refractivity contribution in [2.45, 2.75) is 6.54 Å². The molecule has 140 valence electrons. The molecule has 26 heavy (non-hydrogen) atoms. The van der Waals surface area contributed by atoms with Crippen LogP contribution in [0, 0.1) is 5.82 Å². The molecule has 1 amide bonds. The van der Waals surface area contributed by atoms with Crippen LogP contribution in [0.4, 0.5) is 10.1 Å². The third-order valence-corrected chi connectivity index (χ3v) is 4.40. The summed E-state index contributed by atoms with van der Waals surface area (Å²) in [5.41, 5.74) is 0.946. The lowest BCUT2D eigenvalue weighted by atomic mass is 10.2. The average molecular weight is 446 g/mol. The highest BCUT2D eigenvalue weighted by molar-refractivity contribution is 9.10. The van der Waals surface area contributed by atoms with E-state index in [4.69, 9.17) is 21.1 Å². The summed E-state index contributed by atoms with van der Waals surface area (Å²) in [6.07, 6.45) is 0. The van der Waals surface area contributed by atoms with E-state index in [0.717, 1.165) is 4.47 Å². The van der Waals surface area contributed by atoms with Gasteiger partial charge >= 0.3 is 0 Å². The summed E-state index contributed by atoms with van der Waals surface area (Å²) in [6, 6.07) is 7.87. The molecule has 0 fully saturated rings. The summed E-state index contributed by atoms with van der Waals surface area (Å²) in [4.78, 5) is 14.0. The third kappa shape index (κ3) is 5.33. The molecule has 0 aliphatic rings. The summed E-state index contributed by atoms with van der Waals surface area (Å²) < 4.78 is 25.0. The summed E-state index contributed by atoms with van der Waals surface area (Å²) >= 11 is 9.37. The fourth-order valence-electron chi connectivity index (χ4n) is 2.40. The SMILES string of the molecule is COc1cc(NC(=O)CN(C)Cc2cc(Br)ccc2F)c(OC)cc1Cl. The van der Waals surface area contributed by atoms with Gasteiger partial charge in [-0.3, -0.25) is 9.69 Å².